The van der Waals surface area contributed by atoms with Gasteiger partial charge in [0.1, 0.15) is 11.5 Å². The van der Waals surface area contributed by atoms with Crippen LogP contribution < -0.4 is 0 Å². The SMILES string of the molecule is CC1CCC(O)=C(O)C1(C)C. The maximum Gasteiger partial charge on any atom is 0.135 e. The molecule has 0 aromatic rings. The van der Waals surface area contributed by atoms with E-state index in [1.807, 2.05) is 13.8 Å². The summed E-state index contributed by atoms with van der Waals surface area (Å²) in [6.45, 7) is 6.02. The summed E-state index contributed by atoms with van der Waals surface area (Å²) in [6.07, 6.45) is 1.58. The van der Waals surface area contributed by atoms with E-state index in [0.717, 1.165) is 6.42 Å². The van der Waals surface area contributed by atoms with E-state index in [2.05, 4.69) is 6.92 Å². The molecule has 1 unspecified atom stereocenters. The van der Waals surface area contributed by atoms with Crippen molar-refractivity contribution >= 4 is 0 Å². The first-order valence-electron chi connectivity index (χ1n) is 4.08. The Hall–Kier alpha value is -0.660. The largest absolute Gasteiger partial charge is 0.509 e. The second-order valence-electron chi connectivity index (χ2n) is 3.96. The van der Waals surface area contributed by atoms with Crippen LogP contribution in [0.5, 0.6) is 0 Å². The molecule has 0 radical (unpaired) electrons. The fourth-order valence-corrected chi connectivity index (χ4v) is 1.44. The van der Waals surface area contributed by atoms with Crippen molar-refractivity contribution in [3.8, 4) is 0 Å². The number of aliphatic hydroxyl groups is 2. The number of hydrogen-bond acceptors (Lipinski definition) is 2. The van der Waals surface area contributed by atoms with Gasteiger partial charge in [-0.1, -0.05) is 20.8 Å². The van der Waals surface area contributed by atoms with Crippen LogP contribution in [0.15, 0.2) is 11.5 Å². The van der Waals surface area contributed by atoms with Crippen LogP contribution in [0, 0.1) is 11.3 Å². The standard InChI is InChI=1S/C9H16O2/c1-6-4-5-7(10)8(11)9(6,2)3/h6,10-11H,4-5H2,1-3H3. The van der Waals surface area contributed by atoms with E-state index in [0.29, 0.717) is 12.3 Å². The Balaban J connectivity index is 2.98. The van der Waals surface area contributed by atoms with Crippen molar-refractivity contribution in [2.45, 2.75) is 33.6 Å². The lowest BCUT2D eigenvalue weighted by molar-refractivity contribution is 0.126. The summed E-state index contributed by atoms with van der Waals surface area (Å²) in [5.41, 5.74) is -0.248. The summed E-state index contributed by atoms with van der Waals surface area (Å²) in [5.74, 6) is 0.794. The van der Waals surface area contributed by atoms with Crippen LogP contribution in [0.2, 0.25) is 0 Å². The molecule has 0 saturated carbocycles. The molecule has 2 nitrogen and oxygen atoms in total. The van der Waals surface area contributed by atoms with E-state index in [-0.39, 0.29) is 16.9 Å². The van der Waals surface area contributed by atoms with Gasteiger partial charge in [0.15, 0.2) is 0 Å². The number of aliphatic hydroxyl groups excluding tert-OH is 2. The van der Waals surface area contributed by atoms with Gasteiger partial charge in [0.2, 0.25) is 0 Å². The zero-order chi connectivity index (χ0) is 8.65. The van der Waals surface area contributed by atoms with Crippen LogP contribution in [0.4, 0.5) is 0 Å². The van der Waals surface area contributed by atoms with Crippen LogP contribution in [-0.4, -0.2) is 10.2 Å². The van der Waals surface area contributed by atoms with Gasteiger partial charge < -0.3 is 10.2 Å². The van der Waals surface area contributed by atoms with E-state index >= 15 is 0 Å². The fourth-order valence-electron chi connectivity index (χ4n) is 1.44. The highest BCUT2D eigenvalue weighted by Crippen LogP contribution is 2.41. The molecule has 1 rings (SSSR count). The van der Waals surface area contributed by atoms with E-state index in [1.54, 1.807) is 0 Å². The maximum absolute atomic E-state index is 9.51. The molecule has 0 heterocycles. The first-order valence-corrected chi connectivity index (χ1v) is 4.08. The van der Waals surface area contributed by atoms with Gasteiger partial charge in [-0.05, 0) is 12.3 Å². The third-order valence-corrected chi connectivity index (χ3v) is 2.93. The molecule has 0 bridgehead atoms. The van der Waals surface area contributed by atoms with Crippen molar-refractivity contribution in [2.24, 2.45) is 11.3 Å². The van der Waals surface area contributed by atoms with Gasteiger partial charge in [0.05, 0.1) is 0 Å². The van der Waals surface area contributed by atoms with Gasteiger partial charge in [-0.2, -0.15) is 0 Å². The Labute approximate surface area is 67.6 Å². The number of allylic oxidation sites excluding steroid dienone is 2. The molecule has 1 atom stereocenters. The smallest absolute Gasteiger partial charge is 0.135 e. The van der Waals surface area contributed by atoms with Crippen molar-refractivity contribution in [1.82, 2.24) is 0 Å². The summed E-state index contributed by atoms with van der Waals surface area (Å²) in [5, 5.41) is 18.8. The topological polar surface area (TPSA) is 40.5 Å². The van der Waals surface area contributed by atoms with Gasteiger partial charge >= 0.3 is 0 Å². The summed E-state index contributed by atoms with van der Waals surface area (Å²) in [7, 11) is 0. The lowest BCUT2D eigenvalue weighted by atomic mass is 9.72. The Morgan fingerprint density at radius 1 is 1.36 bits per heavy atom. The highest BCUT2D eigenvalue weighted by molar-refractivity contribution is 5.13. The predicted molar refractivity (Wildman–Crippen MR) is 44.5 cm³/mol. The third kappa shape index (κ3) is 1.22. The lowest BCUT2D eigenvalue weighted by Crippen LogP contribution is -2.29. The summed E-state index contributed by atoms with van der Waals surface area (Å²) >= 11 is 0. The quantitative estimate of drug-likeness (QED) is 0.566. The molecule has 0 spiro atoms. The van der Waals surface area contributed by atoms with Crippen molar-refractivity contribution in [3.63, 3.8) is 0 Å². The average molecular weight is 156 g/mol. The van der Waals surface area contributed by atoms with Crippen LogP contribution in [0.3, 0.4) is 0 Å². The van der Waals surface area contributed by atoms with Crippen molar-refractivity contribution in [2.75, 3.05) is 0 Å². The summed E-state index contributed by atoms with van der Waals surface area (Å²) in [6, 6.07) is 0. The Morgan fingerprint density at radius 2 is 1.91 bits per heavy atom. The molecule has 11 heavy (non-hydrogen) atoms. The molecule has 0 fully saturated rings. The zero-order valence-corrected chi connectivity index (χ0v) is 7.39. The van der Waals surface area contributed by atoms with E-state index in [1.165, 1.54) is 0 Å². The normalized spacial score (nSPS) is 30.6. The van der Waals surface area contributed by atoms with Gasteiger partial charge in [-0.3, -0.25) is 0 Å². The van der Waals surface area contributed by atoms with Crippen LogP contribution >= 0.6 is 0 Å². The second kappa shape index (κ2) is 2.43. The van der Waals surface area contributed by atoms with E-state index < -0.39 is 0 Å². The van der Waals surface area contributed by atoms with Gasteiger partial charge in [0.25, 0.3) is 0 Å². The van der Waals surface area contributed by atoms with Crippen molar-refractivity contribution in [1.29, 1.82) is 0 Å². The lowest BCUT2D eigenvalue weighted by Gasteiger charge is -2.35. The van der Waals surface area contributed by atoms with Gasteiger partial charge in [-0.25, -0.2) is 0 Å². The summed E-state index contributed by atoms with van der Waals surface area (Å²) in [4.78, 5) is 0. The Bertz CT molecular complexity index is 192. The third-order valence-electron chi connectivity index (χ3n) is 2.93. The molecule has 1 aliphatic carbocycles. The first-order chi connectivity index (χ1) is 4.96. The minimum absolute atomic E-state index is 0.174. The molecule has 64 valence electrons. The molecule has 2 N–H and O–H groups in total. The highest BCUT2D eigenvalue weighted by Gasteiger charge is 2.36. The van der Waals surface area contributed by atoms with E-state index in [9.17, 15) is 10.2 Å². The highest BCUT2D eigenvalue weighted by atomic mass is 16.3. The molecule has 0 aromatic carbocycles. The molecular formula is C9H16O2. The van der Waals surface area contributed by atoms with Crippen LogP contribution in [0.25, 0.3) is 0 Å². The molecule has 0 aromatic heterocycles. The predicted octanol–water partition coefficient (Wildman–Crippen LogP) is 2.77. The molecule has 0 aliphatic heterocycles. The Kier molecular flexibility index (Phi) is 1.87. The monoisotopic (exact) mass is 156 g/mol. The Morgan fingerprint density at radius 3 is 2.36 bits per heavy atom. The molecular weight excluding hydrogens is 140 g/mol. The minimum Gasteiger partial charge on any atom is -0.509 e. The van der Waals surface area contributed by atoms with Crippen LogP contribution in [-0.2, 0) is 0 Å². The number of rotatable bonds is 0. The molecule has 2 heteroatoms. The van der Waals surface area contributed by atoms with Crippen LogP contribution in [0.1, 0.15) is 33.6 Å². The van der Waals surface area contributed by atoms with Crippen molar-refractivity contribution in [3.05, 3.63) is 11.5 Å². The van der Waals surface area contributed by atoms with Gasteiger partial charge in [0, 0.05) is 11.8 Å². The average Bonchev–Trinajstić information content (AvgIpc) is 1.95. The van der Waals surface area contributed by atoms with Gasteiger partial charge in [-0.15, -0.1) is 0 Å². The molecule has 0 amide bonds. The minimum atomic E-state index is -0.248. The molecule has 0 saturated heterocycles. The molecule has 1 aliphatic rings. The zero-order valence-electron chi connectivity index (χ0n) is 7.39. The maximum atomic E-state index is 9.51. The fraction of sp³-hybridized carbons (Fsp3) is 0.778. The van der Waals surface area contributed by atoms with E-state index in [4.69, 9.17) is 0 Å². The number of hydrogen-bond donors (Lipinski definition) is 2. The second-order valence-corrected chi connectivity index (χ2v) is 3.96. The van der Waals surface area contributed by atoms with Crippen molar-refractivity contribution < 1.29 is 10.2 Å². The first kappa shape index (κ1) is 8.44. The summed E-state index contributed by atoms with van der Waals surface area (Å²) < 4.78 is 0.